The second kappa shape index (κ2) is 10.9. The first kappa shape index (κ1) is 19.4. The Kier molecular flexibility index (Phi) is 16.4. The van der Waals surface area contributed by atoms with Gasteiger partial charge >= 0.3 is 8.26 Å². The second-order valence-corrected chi connectivity index (χ2v) is 6.79. The van der Waals surface area contributed by atoms with Gasteiger partial charge < -0.3 is 5.11 Å². The van der Waals surface area contributed by atoms with Crippen molar-refractivity contribution < 1.29 is 18.3 Å². The number of carbonyl (C=O) groups is 1. The maximum atomic E-state index is 9.16. The highest BCUT2D eigenvalue weighted by Crippen LogP contribution is 2.03. The molecule has 0 heterocycles. The third-order valence-electron chi connectivity index (χ3n) is 0. The third kappa shape index (κ3) is 2010. The molecule has 0 aromatic rings. The number of carboxylic acids is 1. The summed E-state index contributed by atoms with van der Waals surface area (Å²) in [5, 5.41) is 7.42. The first-order chi connectivity index (χ1) is 5.46. The fourth-order valence-corrected chi connectivity index (χ4v) is 0. The molecule has 1 N–H and O–H groups in total. The van der Waals surface area contributed by atoms with Crippen molar-refractivity contribution >= 4 is 70.4 Å². The number of carboxylic acid groups (broad SMARTS) is 1. The molecule has 4 nitrogen and oxygen atoms in total. The summed E-state index contributed by atoms with van der Waals surface area (Å²) in [4.78, 5) is 9.00. The van der Waals surface area contributed by atoms with Gasteiger partial charge in [-0.3, -0.25) is 4.79 Å². The lowest BCUT2D eigenvalue weighted by molar-refractivity contribution is -0.134. The van der Waals surface area contributed by atoms with Gasteiger partial charge in [-0.25, -0.2) is 0 Å². The molecule has 0 aliphatic rings. The zero-order chi connectivity index (χ0) is 11.7. The standard InChI is InChI=1S/C2H4O2.CHCl3.Cl2O2S/c1-2(3)4;2-1(3)4;1-5(2,3)4/h1H3,(H,3,4);1H;. The van der Waals surface area contributed by atoms with Gasteiger partial charge in [0.1, 0.15) is 0 Å². The molecule has 0 saturated carbocycles. The van der Waals surface area contributed by atoms with Crippen molar-refractivity contribution in [2.75, 3.05) is 0 Å². The van der Waals surface area contributed by atoms with E-state index in [1.807, 2.05) is 0 Å². The molecule has 0 unspecified atom stereocenters. The summed E-state index contributed by atoms with van der Waals surface area (Å²) in [6, 6.07) is 0. The van der Waals surface area contributed by atoms with Gasteiger partial charge in [-0.1, -0.05) is 34.8 Å². The van der Waals surface area contributed by atoms with Crippen LogP contribution >= 0.6 is 56.2 Å². The summed E-state index contributed by atoms with van der Waals surface area (Å²) in [6.07, 6.45) is 0. The lowest BCUT2D eigenvalue weighted by Crippen LogP contribution is -1.78. The zero-order valence-electron chi connectivity index (χ0n) is 6.05. The Hall–Kier alpha value is 0.870. The lowest BCUT2D eigenvalue weighted by Gasteiger charge is -1.69. The molecule has 0 aromatic carbocycles. The second-order valence-electron chi connectivity index (χ2n) is 1.14. The predicted octanol–water partition coefficient (Wildman–Crippen LogP) is 2.79. The minimum absolute atomic E-state index is 0.750. The van der Waals surface area contributed by atoms with Crippen LogP contribution < -0.4 is 0 Å². The number of hydrogen-bond donors (Lipinski definition) is 1. The van der Waals surface area contributed by atoms with Crippen molar-refractivity contribution in [2.45, 2.75) is 11.2 Å². The van der Waals surface area contributed by atoms with Gasteiger partial charge in [-0.15, -0.1) is 0 Å². The van der Waals surface area contributed by atoms with Crippen LogP contribution in [0.25, 0.3) is 0 Å². The van der Waals surface area contributed by atoms with Gasteiger partial charge in [-0.05, 0) is 0 Å². The third-order valence-corrected chi connectivity index (χ3v) is 0. The molecule has 0 fully saturated rings. The average molecular weight is 314 g/mol. The number of alkyl halides is 3. The molecular weight excluding hydrogens is 309 g/mol. The minimum atomic E-state index is -3.72. The van der Waals surface area contributed by atoms with Crippen LogP contribution in [0, 0.1) is 0 Å². The Morgan fingerprint density at radius 2 is 1.23 bits per heavy atom. The lowest BCUT2D eigenvalue weighted by atomic mass is 10.9. The molecule has 0 spiro atoms. The van der Waals surface area contributed by atoms with Crippen LogP contribution in [0.2, 0.25) is 0 Å². The van der Waals surface area contributed by atoms with Gasteiger partial charge in [0.05, 0.1) is 0 Å². The largest absolute Gasteiger partial charge is 0.481 e. The smallest absolute Gasteiger partial charge is 0.317 e. The molecular formula is C3H5Cl5O4S. The van der Waals surface area contributed by atoms with E-state index >= 15 is 0 Å². The summed E-state index contributed by atoms with van der Waals surface area (Å²) >= 11 is 14.4. The van der Waals surface area contributed by atoms with Crippen LogP contribution in [0.5, 0.6) is 0 Å². The molecule has 0 aromatic heterocycles. The monoisotopic (exact) mass is 312 g/mol. The SMILES string of the molecule is CC(=O)O.ClC(Cl)Cl.O=S(=O)(Cl)Cl. The zero-order valence-corrected chi connectivity index (χ0v) is 10.6. The van der Waals surface area contributed by atoms with E-state index in [0.29, 0.717) is 0 Å². The van der Waals surface area contributed by atoms with Gasteiger partial charge in [-0.2, -0.15) is 8.42 Å². The number of hydrogen-bond acceptors (Lipinski definition) is 3. The van der Waals surface area contributed by atoms with Crippen LogP contribution in [0.1, 0.15) is 6.92 Å². The van der Waals surface area contributed by atoms with Gasteiger partial charge in [0.25, 0.3) is 5.97 Å². The summed E-state index contributed by atoms with van der Waals surface area (Å²) in [5.74, 6) is -0.833. The fraction of sp³-hybridized carbons (Fsp3) is 0.667. The summed E-state index contributed by atoms with van der Waals surface area (Å²) in [5.41, 5.74) is 0. The van der Waals surface area contributed by atoms with E-state index in [1.54, 1.807) is 0 Å². The van der Waals surface area contributed by atoms with Crippen molar-refractivity contribution in [3.8, 4) is 0 Å². The quantitative estimate of drug-likeness (QED) is 0.551. The first-order valence-electron chi connectivity index (χ1n) is 2.22. The molecule has 10 heteroatoms. The Labute approximate surface area is 99.6 Å². The molecule has 0 aliphatic heterocycles. The van der Waals surface area contributed by atoms with E-state index < -0.39 is 18.5 Å². The average Bonchev–Trinajstić information content (AvgIpc) is 1.50. The van der Waals surface area contributed by atoms with Crippen LogP contribution in [-0.4, -0.2) is 23.8 Å². The topological polar surface area (TPSA) is 71.4 Å². The number of rotatable bonds is 0. The van der Waals surface area contributed by atoms with Crippen molar-refractivity contribution in [1.29, 1.82) is 0 Å². The fourth-order valence-electron chi connectivity index (χ4n) is 0. The first-order valence-corrected chi connectivity index (χ1v) is 6.67. The Morgan fingerprint density at radius 3 is 1.23 bits per heavy atom. The molecule has 0 aliphatic carbocycles. The maximum absolute atomic E-state index is 9.16. The summed E-state index contributed by atoms with van der Waals surface area (Å²) < 4.78 is 17.6. The molecule has 0 saturated heterocycles. The van der Waals surface area contributed by atoms with Gasteiger partial charge in [0, 0.05) is 28.3 Å². The number of halogens is 5. The van der Waals surface area contributed by atoms with E-state index in [9.17, 15) is 0 Å². The summed E-state index contributed by atoms with van der Waals surface area (Å²) in [6.45, 7) is 1.08. The normalized spacial score (nSPS) is 9.15. The van der Waals surface area contributed by atoms with Crippen LogP contribution in [0.15, 0.2) is 0 Å². The highest BCUT2D eigenvalue weighted by molar-refractivity contribution is 8.31. The Bertz CT molecular complexity index is 197. The van der Waals surface area contributed by atoms with E-state index in [4.69, 9.17) is 53.1 Å². The minimum Gasteiger partial charge on any atom is -0.481 e. The number of aliphatic carboxylic acids is 1. The van der Waals surface area contributed by atoms with Crippen LogP contribution in [0.4, 0.5) is 0 Å². The van der Waals surface area contributed by atoms with Crippen molar-refractivity contribution in [3.05, 3.63) is 0 Å². The van der Waals surface area contributed by atoms with Crippen molar-refractivity contribution in [3.63, 3.8) is 0 Å². The maximum Gasteiger partial charge on any atom is 0.317 e. The van der Waals surface area contributed by atoms with E-state index in [2.05, 4.69) is 21.4 Å². The van der Waals surface area contributed by atoms with Crippen LogP contribution in [-0.2, 0) is 13.1 Å². The predicted molar refractivity (Wildman–Crippen MR) is 55.3 cm³/mol. The molecule has 0 amide bonds. The van der Waals surface area contributed by atoms with E-state index in [-0.39, 0.29) is 0 Å². The molecule has 0 bridgehead atoms. The molecule has 0 atom stereocenters. The van der Waals surface area contributed by atoms with Crippen molar-refractivity contribution in [2.24, 2.45) is 0 Å². The summed E-state index contributed by atoms with van der Waals surface area (Å²) in [7, 11) is 4.81. The Morgan fingerprint density at radius 1 is 1.23 bits per heavy atom. The molecule has 0 radical (unpaired) electrons. The van der Waals surface area contributed by atoms with Gasteiger partial charge in [0.15, 0.2) is 4.30 Å². The molecule has 0 rings (SSSR count). The highest BCUT2D eigenvalue weighted by Gasteiger charge is 1.88. The van der Waals surface area contributed by atoms with Crippen molar-refractivity contribution in [1.82, 2.24) is 0 Å². The van der Waals surface area contributed by atoms with E-state index in [0.717, 1.165) is 6.92 Å². The van der Waals surface area contributed by atoms with Crippen LogP contribution in [0.3, 0.4) is 0 Å². The molecule has 13 heavy (non-hydrogen) atoms. The molecule has 82 valence electrons. The van der Waals surface area contributed by atoms with Gasteiger partial charge in [0.2, 0.25) is 0 Å². The van der Waals surface area contributed by atoms with E-state index in [1.165, 1.54) is 0 Å². The highest BCUT2D eigenvalue weighted by atomic mass is 36.0. The Balaban J connectivity index is -0.000000117.